The molecule has 0 atom stereocenters. The fourth-order valence-electron chi connectivity index (χ4n) is 0.845. The predicted octanol–water partition coefficient (Wildman–Crippen LogP) is 1.32. The first-order chi connectivity index (χ1) is 6.77. The number of alkyl halides is 3. The van der Waals surface area contributed by atoms with Crippen molar-refractivity contribution in [1.29, 1.82) is 0 Å². The highest BCUT2D eigenvalue weighted by Crippen LogP contribution is 2.14. The lowest BCUT2D eigenvalue weighted by molar-refractivity contribution is -0.174. The van der Waals surface area contributed by atoms with Gasteiger partial charge in [0.2, 0.25) is 0 Å². The van der Waals surface area contributed by atoms with Crippen LogP contribution in [0.15, 0.2) is 0 Å². The molecular formula is C9H18F3NO2. The van der Waals surface area contributed by atoms with Crippen LogP contribution in [0.5, 0.6) is 0 Å². The average molecular weight is 229 g/mol. The smallest absolute Gasteiger partial charge is 0.394 e. The largest absolute Gasteiger partial charge is 0.411 e. The number of aliphatic hydroxyl groups is 1. The maximum atomic E-state index is 11.6. The van der Waals surface area contributed by atoms with Gasteiger partial charge in [-0.1, -0.05) is 0 Å². The summed E-state index contributed by atoms with van der Waals surface area (Å²) in [7, 11) is 0. The van der Waals surface area contributed by atoms with Gasteiger partial charge in [0.05, 0.1) is 6.61 Å². The molecule has 0 aromatic heterocycles. The van der Waals surface area contributed by atoms with Crippen LogP contribution >= 0.6 is 0 Å². The second kappa shape index (κ2) is 6.30. The van der Waals surface area contributed by atoms with E-state index < -0.39 is 18.3 Å². The van der Waals surface area contributed by atoms with E-state index in [0.717, 1.165) is 0 Å². The van der Waals surface area contributed by atoms with Crippen LogP contribution in [0.2, 0.25) is 0 Å². The third-order valence-corrected chi connectivity index (χ3v) is 1.73. The van der Waals surface area contributed by atoms with Crippen molar-refractivity contribution in [3.63, 3.8) is 0 Å². The molecule has 0 heterocycles. The Morgan fingerprint density at radius 2 is 1.87 bits per heavy atom. The van der Waals surface area contributed by atoms with Crippen LogP contribution in [0, 0.1) is 0 Å². The molecule has 15 heavy (non-hydrogen) atoms. The van der Waals surface area contributed by atoms with Gasteiger partial charge in [-0.15, -0.1) is 0 Å². The third kappa shape index (κ3) is 9.96. The van der Waals surface area contributed by atoms with E-state index in [1.165, 1.54) is 0 Å². The van der Waals surface area contributed by atoms with Crippen molar-refractivity contribution in [1.82, 2.24) is 5.32 Å². The summed E-state index contributed by atoms with van der Waals surface area (Å²) in [6, 6.07) is 0. The zero-order valence-corrected chi connectivity index (χ0v) is 9.02. The van der Waals surface area contributed by atoms with E-state index in [-0.39, 0.29) is 13.2 Å². The quantitative estimate of drug-likeness (QED) is 0.647. The number of aliphatic hydroxyl groups excluding tert-OH is 1. The maximum Gasteiger partial charge on any atom is 0.411 e. The fraction of sp³-hybridized carbons (Fsp3) is 1.00. The lowest BCUT2D eigenvalue weighted by Crippen LogP contribution is -2.43. The molecule has 0 aromatic carbocycles. The minimum Gasteiger partial charge on any atom is -0.394 e. The van der Waals surface area contributed by atoms with E-state index in [0.29, 0.717) is 13.0 Å². The van der Waals surface area contributed by atoms with Crippen molar-refractivity contribution in [3.8, 4) is 0 Å². The van der Waals surface area contributed by atoms with Crippen LogP contribution in [0.4, 0.5) is 13.2 Å². The number of halogens is 3. The first kappa shape index (κ1) is 14.7. The Labute approximate surface area is 87.6 Å². The zero-order chi connectivity index (χ0) is 11.9. The maximum absolute atomic E-state index is 11.6. The first-order valence-electron chi connectivity index (χ1n) is 4.77. The van der Waals surface area contributed by atoms with Gasteiger partial charge in [0.25, 0.3) is 0 Å². The van der Waals surface area contributed by atoms with E-state index in [1.807, 2.05) is 13.8 Å². The molecule has 0 fully saturated rings. The van der Waals surface area contributed by atoms with Crippen molar-refractivity contribution in [3.05, 3.63) is 0 Å². The second-order valence-electron chi connectivity index (χ2n) is 3.99. The molecule has 0 aliphatic heterocycles. The fourth-order valence-corrected chi connectivity index (χ4v) is 0.845. The zero-order valence-electron chi connectivity index (χ0n) is 9.02. The number of nitrogens with one attached hydrogen (secondary N) is 1. The van der Waals surface area contributed by atoms with Gasteiger partial charge in [0, 0.05) is 12.1 Å². The Balaban J connectivity index is 3.33. The molecule has 92 valence electrons. The Morgan fingerprint density at radius 1 is 1.27 bits per heavy atom. The van der Waals surface area contributed by atoms with E-state index in [2.05, 4.69) is 10.1 Å². The third-order valence-electron chi connectivity index (χ3n) is 1.73. The minimum atomic E-state index is -4.25. The van der Waals surface area contributed by atoms with Crippen molar-refractivity contribution in [2.45, 2.75) is 32.0 Å². The topological polar surface area (TPSA) is 41.5 Å². The van der Waals surface area contributed by atoms with Gasteiger partial charge in [-0.05, 0) is 26.8 Å². The van der Waals surface area contributed by atoms with Crippen molar-refractivity contribution in [2.24, 2.45) is 0 Å². The van der Waals surface area contributed by atoms with Crippen molar-refractivity contribution in [2.75, 3.05) is 26.4 Å². The van der Waals surface area contributed by atoms with Crippen LogP contribution < -0.4 is 5.32 Å². The van der Waals surface area contributed by atoms with Crippen molar-refractivity contribution >= 4 is 0 Å². The van der Waals surface area contributed by atoms with Gasteiger partial charge >= 0.3 is 6.18 Å². The summed E-state index contributed by atoms with van der Waals surface area (Å²) in [5.74, 6) is 0. The van der Waals surface area contributed by atoms with Crippen LogP contribution in [0.3, 0.4) is 0 Å². The molecule has 6 heteroatoms. The molecule has 0 saturated carbocycles. The summed E-state index contributed by atoms with van der Waals surface area (Å²) >= 11 is 0. The van der Waals surface area contributed by atoms with Crippen LogP contribution in [0.25, 0.3) is 0 Å². The normalized spacial score (nSPS) is 13.2. The molecule has 0 rings (SSSR count). The molecule has 0 saturated heterocycles. The molecular weight excluding hydrogens is 211 g/mol. The van der Waals surface area contributed by atoms with E-state index in [4.69, 9.17) is 5.11 Å². The standard InChI is InChI=1S/C9H18F3NO2/c1-8(2,6-14)13-4-3-5-15-7-9(10,11)12/h13-14H,3-7H2,1-2H3. The predicted molar refractivity (Wildman–Crippen MR) is 50.7 cm³/mol. The summed E-state index contributed by atoms with van der Waals surface area (Å²) in [4.78, 5) is 0. The Kier molecular flexibility index (Phi) is 6.16. The van der Waals surface area contributed by atoms with Gasteiger partial charge in [0.15, 0.2) is 0 Å². The number of hydrogen-bond donors (Lipinski definition) is 2. The van der Waals surface area contributed by atoms with Crippen LogP contribution in [0.1, 0.15) is 20.3 Å². The Hall–Kier alpha value is -0.330. The first-order valence-corrected chi connectivity index (χ1v) is 4.77. The summed E-state index contributed by atoms with van der Waals surface area (Å²) in [6.45, 7) is 2.99. The highest BCUT2D eigenvalue weighted by molar-refractivity contribution is 4.75. The highest BCUT2D eigenvalue weighted by atomic mass is 19.4. The van der Waals surface area contributed by atoms with Gasteiger partial charge < -0.3 is 15.2 Å². The monoisotopic (exact) mass is 229 g/mol. The lowest BCUT2D eigenvalue weighted by Gasteiger charge is -2.23. The molecule has 0 spiro atoms. The molecule has 0 aromatic rings. The van der Waals surface area contributed by atoms with Crippen molar-refractivity contribution < 1.29 is 23.0 Å². The minimum absolute atomic E-state index is 0.0175. The second-order valence-corrected chi connectivity index (χ2v) is 3.99. The summed E-state index contributed by atoms with van der Waals surface area (Å²) in [5, 5.41) is 11.9. The molecule has 0 amide bonds. The number of rotatable bonds is 7. The number of hydrogen-bond acceptors (Lipinski definition) is 3. The summed E-state index contributed by atoms with van der Waals surface area (Å²) < 4.78 is 39.3. The molecule has 2 N–H and O–H groups in total. The summed E-state index contributed by atoms with van der Waals surface area (Å²) in [6.07, 6.45) is -3.77. The number of ether oxygens (including phenoxy) is 1. The van der Waals surface area contributed by atoms with Gasteiger partial charge in [0.1, 0.15) is 6.61 Å². The highest BCUT2D eigenvalue weighted by Gasteiger charge is 2.27. The van der Waals surface area contributed by atoms with Gasteiger partial charge in [-0.3, -0.25) is 0 Å². The van der Waals surface area contributed by atoms with E-state index in [9.17, 15) is 13.2 Å². The molecule has 0 radical (unpaired) electrons. The molecule has 0 bridgehead atoms. The van der Waals surface area contributed by atoms with Gasteiger partial charge in [-0.2, -0.15) is 13.2 Å². The average Bonchev–Trinajstić information content (AvgIpc) is 2.09. The Morgan fingerprint density at radius 3 is 2.33 bits per heavy atom. The molecule has 0 aliphatic rings. The van der Waals surface area contributed by atoms with Gasteiger partial charge in [-0.25, -0.2) is 0 Å². The SMILES string of the molecule is CC(C)(CO)NCCCOCC(F)(F)F. The summed E-state index contributed by atoms with van der Waals surface area (Å²) in [5.41, 5.74) is -0.399. The van der Waals surface area contributed by atoms with Crippen LogP contribution in [-0.4, -0.2) is 43.2 Å². The van der Waals surface area contributed by atoms with E-state index >= 15 is 0 Å². The lowest BCUT2D eigenvalue weighted by atomic mass is 10.1. The van der Waals surface area contributed by atoms with E-state index in [1.54, 1.807) is 0 Å². The molecule has 3 nitrogen and oxygen atoms in total. The molecule has 0 unspecified atom stereocenters. The Bertz CT molecular complexity index is 171. The molecule has 0 aliphatic carbocycles. The van der Waals surface area contributed by atoms with Crippen LogP contribution in [-0.2, 0) is 4.74 Å².